The zero-order chi connectivity index (χ0) is 22.1. The number of aryl methyl sites for hydroxylation is 2. The second kappa shape index (κ2) is 8.52. The molecule has 2 heterocycles. The minimum atomic E-state index is 0.0257. The number of fused-ring (bicyclic) bond motifs is 2. The maximum atomic E-state index is 13.6. The lowest BCUT2D eigenvalue weighted by atomic mass is 10.0. The van der Waals surface area contributed by atoms with Gasteiger partial charge in [0, 0.05) is 12.4 Å². The number of benzene rings is 3. The molecule has 0 aliphatic heterocycles. The number of carbonyl (C=O) groups excluding carboxylic acids is 1. The van der Waals surface area contributed by atoms with Gasteiger partial charge in [-0.2, -0.15) is 0 Å². The van der Waals surface area contributed by atoms with E-state index in [4.69, 9.17) is 4.98 Å². The Morgan fingerprint density at radius 3 is 2.62 bits per heavy atom. The fourth-order valence-electron chi connectivity index (χ4n) is 3.92. The van der Waals surface area contributed by atoms with Crippen LogP contribution >= 0.6 is 11.3 Å². The Bertz CT molecular complexity index is 1380. The van der Waals surface area contributed by atoms with E-state index in [0.29, 0.717) is 13.0 Å². The molecule has 0 aliphatic rings. The van der Waals surface area contributed by atoms with E-state index in [1.54, 1.807) is 28.6 Å². The number of aromatic nitrogens is 2. The van der Waals surface area contributed by atoms with Crippen molar-refractivity contribution in [3.63, 3.8) is 0 Å². The van der Waals surface area contributed by atoms with Gasteiger partial charge in [-0.25, -0.2) is 4.98 Å². The van der Waals surface area contributed by atoms with E-state index in [-0.39, 0.29) is 5.91 Å². The highest BCUT2D eigenvalue weighted by atomic mass is 32.1. The summed E-state index contributed by atoms with van der Waals surface area (Å²) in [4.78, 5) is 24.5. The van der Waals surface area contributed by atoms with E-state index in [1.807, 2.05) is 36.4 Å². The molecule has 0 fully saturated rings. The molecule has 0 radical (unpaired) electrons. The number of hydrogen-bond acceptors (Lipinski definition) is 4. The number of carbonyl (C=O) groups is 1. The van der Waals surface area contributed by atoms with Crippen molar-refractivity contribution in [1.29, 1.82) is 0 Å². The lowest BCUT2D eigenvalue weighted by Crippen LogP contribution is -2.31. The molecule has 5 aromatic rings. The van der Waals surface area contributed by atoms with Gasteiger partial charge in [-0.3, -0.25) is 14.7 Å². The van der Waals surface area contributed by atoms with Crippen LogP contribution in [0.25, 0.3) is 21.0 Å². The first-order valence-electron chi connectivity index (χ1n) is 10.6. The second-order valence-electron chi connectivity index (χ2n) is 8.06. The fraction of sp³-hybridized carbons (Fsp3) is 0.148. The predicted molar refractivity (Wildman–Crippen MR) is 132 cm³/mol. The highest BCUT2D eigenvalue weighted by Gasteiger charge is 2.21. The van der Waals surface area contributed by atoms with Crippen LogP contribution in [0.3, 0.4) is 0 Å². The van der Waals surface area contributed by atoms with Crippen LogP contribution < -0.4 is 4.90 Å². The van der Waals surface area contributed by atoms with Gasteiger partial charge < -0.3 is 0 Å². The number of nitrogens with zero attached hydrogens (tertiary/aromatic N) is 3. The van der Waals surface area contributed by atoms with E-state index >= 15 is 0 Å². The Morgan fingerprint density at radius 1 is 0.969 bits per heavy atom. The van der Waals surface area contributed by atoms with Crippen molar-refractivity contribution >= 4 is 43.4 Å². The first-order chi connectivity index (χ1) is 15.6. The molecule has 32 heavy (non-hydrogen) atoms. The van der Waals surface area contributed by atoms with Crippen LogP contribution in [0.15, 0.2) is 79.1 Å². The van der Waals surface area contributed by atoms with Crippen LogP contribution in [0.2, 0.25) is 0 Å². The largest absolute Gasteiger partial charge is 0.283 e. The SMILES string of the molecule is Cc1cc2nc(N(Cc3cccnc3)C(=O)Cc3cccc4ccccc34)sc2cc1C. The lowest BCUT2D eigenvalue weighted by Gasteiger charge is -2.20. The first-order valence-corrected chi connectivity index (χ1v) is 11.4. The van der Waals surface area contributed by atoms with Crippen LogP contribution in [0.4, 0.5) is 5.13 Å². The number of amides is 1. The van der Waals surface area contributed by atoms with Crippen molar-refractivity contribution in [1.82, 2.24) is 9.97 Å². The Balaban J connectivity index is 1.54. The summed E-state index contributed by atoms with van der Waals surface area (Å²) in [6.07, 6.45) is 3.87. The summed E-state index contributed by atoms with van der Waals surface area (Å²) in [5.41, 5.74) is 5.37. The van der Waals surface area contributed by atoms with Crippen molar-refractivity contribution in [2.45, 2.75) is 26.8 Å². The summed E-state index contributed by atoms with van der Waals surface area (Å²) in [6.45, 7) is 4.63. The second-order valence-corrected chi connectivity index (χ2v) is 9.07. The zero-order valence-electron chi connectivity index (χ0n) is 18.1. The molecule has 5 rings (SSSR count). The Kier molecular flexibility index (Phi) is 5.41. The molecule has 0 bridgehead atoms. The summed E-state index contributed by atoms with van der Waals surface area (Å²) in [5, 5.41) is 2.97. The highest BCUT2D eigenvalue weighted by Crippen LogP contribution is 2.32. The maximum Gasteiger partial charge on any atom is 0.233 e. The lowest BCUT2D eigenvalue weighted by molar-refractivity contribution is -0.118. The van der Waals surface area contributed by atoms with E-state index in [9.17, 15) is 4.79 Å². The molecule has 3 aromatic carbocycles. The molecule has 0 saturated carbocycles. The van der Waals surface area contributed by atoms with Crippen molar-refractivity contribution in [2.24, 2.45) is 0 Å². The van der Waals surface area contributed by atoms with Gasteiger partial charge in [0.1, 0.15) is 0 Å². The molecule has 2 aromatic heterocycles. The van der Waals surface area contributed by atoms with Gasteiger partial charge in [-0.15, -0.1) is 0 Å². The van der Waals surface area contributed by atoms with Gasteiger partial charge in [0.15, 0.2) is 5.13 Å². The van der Waals surface area contributed by atoms with Gasteiger partial charge >= 0.3 is 0 Å². The van der Waals surface area contributed by atoms with Gasteiger partial charge in [0.2, 0.25) is 5.91 Å². The molecule has 4 nitrogen and oxygen atoms in total. The minimum absolute atomic E-state index is 0.0257. The number of hydrogen-bond donors (Lipinski definition) is 0. The molecule has 1 amide bonds. The summed E-state index contributed by atoms with van der Waals surface area (Å²) in [5.74, 6) is 0.0257. The standard InChI is InChI=1S/C27H23N3OS/c1-18-13-24-25(14-19(18)2)32-27(29-24)30(17-20-7-6-12-28-16-20)26(31)15-22-10-5-9-21-8-3-4-11-23(21)22/h3-14,16H,15,17H2,1-2H3. The summed E-state index contributed by atoms with van der Waals surface area (Å²) in [6, 6.07) is 22.5. The summed E-state index contributed by atoms with van der Waals surface area (Å²) >= 11 is 1.56. The molecular weight excluding hydrogens is 414 g/mol. The van der Waals surface area contributed by atoms with Crippen molar-refractivity contribution in [3.8, 4) is 0 Å². The quantitative estimate of drug-likeness (QED) is 0.327. The van der Waals surface area contributed by atoms with Crippen molar-refractivity contribution in [3.05, 3.63) is 101 Å². The third kappa shape index (κ3) is 3.99. The molecular formula is C27H23N3OS. The molecule has 5 heteroatoms. The van der Waals surface area contributed by atoms with Crippen LogP contribution in [-0.2, 0) is 17.8 Å². The zero-order valence-corrected chi connectivity index (χ0v) is 18.9. The topological polar surface area (TPSA) is 46.1 Å². The molecule has 0 N–H and O–H groups in total. The smallest absolute Gasteiger partial charge is 0.233 e. The molecule has 0 unspecified atom stereocenters. The van der Waals surface area contributed by atoms with E-state index in [1.165, 1.54) is 11.1 Å². The average molecular weight is 438 g/mol. The van der Waals surface area contributed by atoms with Crippen LogP contribution in [0, 0.1) is 13.8 Å². The van der Waals surface area contributed by atoms with Gasteiger partial charge in [0.05, 0.1) is 23.2 Å². The Labute approximate surface area is 191 Å². The van der Waals surface area contributed by atoms with Crippen LogP contribution in [0.1, 0.15) is 22.3 Å². The first kappa shape index (κ1) is 20.3. The van der Waals surface area contributed by atoms with E-state index < -0.39 is 0 Å². The van der Waals surface area contributed by atoms with Crippen LogP contribution in [-0.4, -0.2) is 15.9 Å². The molecule has 158 valence electrons. The third-order valence-electron chi connectivity index (χ3n) is 5.81. The molecule has 0 aliphatic carbocycles. The number of thiazole rings is 1. The third-order valence-corrected chi connectivity index (χ3v) is 6.85. The van der Waals surface area contributed by atoms with Gasteiger partial charge in [0.25, 0.3) is 0 Å². The summed E-state index contributed by atoms with van der Waals surface area (Å²) < 4.78 is 1.09. The molecule has 0 spiro atoms. The summed E-state index contributed by atoms with van der Waals surface area (Å²) in [7, 11) is 0. The van der Waals surface area contributed by atoms with Crippen LogP contribution in [0.5, 0.6) is 0 Å². The number of anilines is 1. The van der Waals surface area contributed by atoms with E-state index in [2.05, 4.69) is 49.2 Å². The monoisotopic (exact) mass is 437 g/mol. The fourth-order valence-corrected chi connectivity index (χ4v) is 4.99. The molecule has 0 atom stereocenters. The van der Waals surface area contributed by atoms with Crippen molar-refractivity contribution in [2.75, 3.05) is 4.90 Å². The highest BCUT2D eigenvalue weighted by molar-refractivity contribution is 7.22. The minimum Gasteiger partial charge on any atom is -0.283 e. The van der Waals surface area contributed by atoms with Gasteiger partial charge in [-0.05, 0) is 65.1 Å². The Morgan fingerprint density at radius 2 is 1.78 bits per heavy atom. The predicted octanol–water partition coefficient (Wildman–Crippen LogP) is 6.24. The number of rotatable bonds is 5. The average Bonchev–Trinajstić information content (AvgIpc) is 3.21. The van der Waals surface area contributed by atoms with Gasteiger partial charge in [-0.1, -0.05) is 59.9 Å². The Hall–Kier alpha value is -3.57. The van der Waals surface area contributed by atoms with Crippen molar-refractivity contribution < 1.29 is 4.79 Å². The van der Waals surface area contributed by atoms with E-state index in [0.717, 1.165) is 37.2 Å². The maximum absolute atomic E-state index is 13.6. The number of pyridine rings is 1. The molecule has 0 saturated heterocycles. The normalized spacial score (nSPS) is 11.2.